The van der Waals surface area contributed by atoms with Crippen molar-refractivity contribution in [1.82, 2.24) is 20.1 Å². The molecule has 0 amide bonds. The fraction of sp³-hybridized carbons (Fsp3) is 0.706. The number of rotatable bonds is 8. The van der Waals surface area contributed by atoms with E-state index in [1.54, 1.807) is 0 Å². The number of nitrogens with one attached hydrogen (secondary N) is 1. The Morgan fingerprint density at radius 3 is 2.71 bits per heavy atom. The van der Waals surface area contributed by atoms with Gasteiger partial charge >= 0.3 is 0 Å². The van der Waals surface area contributed by atoms with E-state index in [1.165, 1.54) is 25.2 Å². The lowest BCUT2D eigenvalue weighted by atomic mass is 10.2. The lowest BCUT2D eigenvalue weighted by Crippen LogP contribution is -2.37. The highest BCUT2D eigenvalue weighted by Crippen LogP contribution is 2.17. The molecule has 0 bridgehead atoms. The van der Waals surface area contributed by atoms with Crippen molar-refractivity contribution in [3.05, 3.63) is 29.6 Å². The van der Waals surface area contributed by atoms with E-state index in [4.69, 9.17) is 4.98 Å². The molecule has 1 aliphatic heterocycles. The van der Waals surface area contributed by atoms with Crippen LogP contribution in [0.4, 0.5) is 0 Å². The molecule has 1 aromatic rings. The molecule has 4 heteroatoms. The summed E-state index contributed by atoms with van der Waals surface area (Å²) in [5.74, 6) is 0. The van der Waals surface area contributed by atoms with Crippen molar-refractivity contribution in [2.24, 2.45) is 0 Å². The first-order valence-electron chi connectivity index (χ1n) is 8.38. The van der Waals surface area contributed by atoms with Crippen molar-refractivity contribution in [1.29, 1.82) is 0 Å². The summed E-state index contributed by atoms with van der Waals surface area (Å²) in [4.78, 5) is 9.89. The fourth-order valence-corrected chi connectivity index (χ4v) is 3.19. The maximum absolute atomic E-state index is 4.77. The molecule has 1 fully saturated rings. The maximum Gasteiger partial charge on any atom is 0.0547 e. The predicted molar refractivity (Wildman–Crippen MR) is 88.2 cm³/mol. The molecule has 1 aromatic heterocycles. The number of likely N-dealkylation sites (N-methyl/N-ethyl adjacent to an activating group) is 1. The summed E-state index contributed by atoms with van der Waals surface area (Å²) in [7, 11) is 0. The Morgan fingerprint density at radius 2 is 2.00 bits per heavy atom. The first kappa shape index (κ1) is 16.4. The second-order valence-electron chi connectivity index (χ2n) is 5.80. The van der Waals surface area contributed by atoms with Crippen molar-refractivity contribution < 1.29 is 0 Å². The van der Waals surface area contributed by atoms with Crippen LogP contribution in [0.2, 0.25) is 0 Å². The summed E-state index contributed by atoms with van der Waals surface area (Å²) >= 11 is 0. The summed E-state index contributed by atoms with van der Waals surface area (Å²) < 4.78 is 0. The van der Waals surface area contributed by atoms with Crippen LogP contribution < -0.4 is 5.32 Å². The molecule has 2 rings (SSSR count). The number of aromatic nitrogens is 1. The number of hydrogen-bond donors (Lipinski definition) is 1. The SMILES string of the molecule is CCNCc1cccc(CN2CCC(N(CC)CC)C2)n1. The minimum atomic E-state index is 0.727. The number of likely N-dealkylation sites (tertiary alicyclic amines) is 1. The van der Waals surface area contributed by atoms with E-state index in [2.05, 4.69) is 54.1 Å². The van der Waals surface area contributed by atoms with Crippen molar-refractivity contribution in [2.75, 3.05) is 32.7 Å². The molecule has 1 saturated heterocycles. The van der Waals surface area contributed by atoms with Gasteiger partial charge in [0.25, 0.3) is 0 Å². The van der Waals surface area contributed by atoms with Gasteiger partial charge in [0.05, 0.1) is 11.4 Å². The quantitative estimate of drug-likeness (QED) is 0.794. The van der Waals surface area contributed by atoms with Gasteiger partial charge in [-0.15, -0.1) is 0 Å². The lowest BCUT2D eigenvalue weighted by molar-refractivity contribution is 0.208. The van der Waals surface area contributed by atoms with Crippen LogP contribution in [0.15, 0.2) is 18.2 Å². The van der Waals surface area contributed by atoms with E-state index in [-0.39, 0.29) is 0 Å². The van der Waals surface area contributed by atoms with Crippen LogP contribution in [-0.4, -0.2) is 53.5 Å². The molecule has 0 radical (unpaired) electrons. The zero-order valence-corrected chi connectivity index (χ0v) is 13.8. The topological polar surface area (TPSA) is 31.4 Å². The number of nitrogens with zero attached hydrogens (tertiary/aromatic N) is 3. The summed E-state index contributed by atoms with van der Waals surface area (Å²) in [6, 6.07) is 7.12. The zero-order valence-electron chi connectivity index (χ0n) is 13.8. The van der Waals surface area contributed by atoms with Gasteiger partial charge in [0, 0.05) is 32.2 Å². The highest BCUT2D eigenvalue weighted by atomic mass is 15.2. The van der Waals surface area contributed by atoms with Crippen molar-refractivity contribution in [2.45, 2.75) is 46.3 Å². The highest BCUT2D eigenvalue weighted by Gasteiger charge is 2.26. The minimum Gasteiger partial charge on any atom is -0.311 e. The molecular weight excluding hydrogens is 260 g/mol. The Morgan fingerprint density at radius 1 is 1.24 bits per heavy atom. The molecule has 2 heterocycles. The van der Waals surface area contributed by atoms with Crippen LogP contribution >= 0.6 is 0 Å². The minimum absolute atomic E-state index is 0.727. The van der Waals surface area contributed by atoms with E-state index < -0.39 is 0 Å². The van der Waals surface area contributed by atoms with E-state index in [9.17, 15) is 0 Å². The summed E-state index contributed by atoms with van der Waals surface area (Å²) in [6.45, 7) is 14.2. The van der Waals surface area contributed by atoms with E-state index in [1.807, 2.05) is 0 Å². The molecule has 4 nitrogen and oxygen atoms in total. The van der Waals surface area contributed by atoms with Crippen LogP contribution in [0.5, 0.6) is 0 Å². The van der Waals surface area contributed by atoms with Crippen LogP contribution in [0, 0.1) is 0 Å². The monoisotopic (exact) mass is 290 g/mol. The second kappa shape index (κ2) is 8.47. The van der Waals surface area contributed by atoms with Crippen LogP contribution in [0.1, 0.15) is 38.6 Å². The van der Waals surface area contributed by atoms with Gasteiger partial charge in [-0.3, -0.25) is 14.8 Å². The average Bonchev–Trinajstić information content (AvgIpc) is 2.95. The Hall–Kier alpha value is -0.970. The van der Waals surface area contributed by atoms with Crippen molar-refractivity contribution in [3.8, 4) is 0 Å². The molecule has 0 saturated carbocycles. The van der Waals surface area contributed by atoms with E-state index in [0.717, 1.165) is 44.5 Å². The van der Waals surface area contributed by atoms with Gasteiger partial charge in [-0.2, -0.15) is 0 Å². The first-order chi connectivity index (χ1) is 10.3. The van der Waals surface area contributed by atoms with Crippen LogP contribution in [-0.2, 0) is 13.1 Å². The molecule has 1 atom stereocenters. The van der Waals surface area contributed by atoms with Gasteiger partial charge in [0.1, 0.15) is 0 Å². The van der Waals surface area contributed by atoms with Crippen molar-refractivity contribution >= 4 is 0 Å². The molecule has 0 spiro atoms. The molecular formula is C17H30N4. The van der Waals surface area contributed by atoms with Gasteiger partial charge < -0.3 is 5.32 Å². The zero-order chi connectivity index (χ0) is 15.1. The highest BCUT2D eigenvalue weighted by molar-refractivity contribution is 5.11. The van der Waals surface area contributed by atoms with Crippen molar-refractivity contribution in [3.63, 3.8) is 0 Å². The Balaban J connectivity index is 1.88. The third kappa shape index (κ3) is 4.77. The van der Waals surface area contributed by atoms with E-state index in [0.29, 0.717) is 0 Å². The van der Waals surface area contributed by atoms with Crippen LogP contribution in [0.3, 0.4) is 0 Å². The third-order valence-electron chi connectivity index (χ3n) is 4.38. The summed E-state index contributed by atoms with van der Waals surface area (Å²) in [5.41, 5.74) is 2.35. The lowest BCUT2D eigenvalue weighted by Gasteiger charge is -2.26. The first-order valence-corrected chi connectivity index (χ1v) is 8.38. The molecule has 0 aliphatic carbocycles. The smallest absolute Gasteiger partial charge is 0.0547 e. The largest absolute Gasteiger partial charge is 0.311 e. The second-order valence-corrected chi connectivity index (χ2v) is 5.80. The van der Waals surface area contributed by atoms with Gasteiger partial charge in [-0.1, -0.05) is 26.8 Å². The fourth-order valence-electron chi connectivity index (χ4n) is 3.19. The number of pyridine rings is 1. The van der Waals surface area contributed by atoms with Crippen LogP contribution in [0.25, 0.3) is 0 Å². The molecule has 1 N–H and O–H groups in total. The summed E-state index contributed by atoms with van der Waals surface area (Å²) in [5, 5.41) is 3.34. The maximum atomic E-state index is 4.77. The molecule has 118 valence electrons. The normalized spacial score (nSPS) is 19.5. The molecule has 0 aromatic carbocycles. The molecule has 21 heavy (non-hydrogen) atoms. The number of hydrogen-bond acceptors (Lipinski definition) is 4. The van der Waals surface area contributed by atoms with E-state index >= 15 is 0 Å². The predicted octanol–water partition coefficient (Wildman–Crippen LogP) is 2.11. The van der Waals surface area contributed by atoms with Gasteiger partial charge in [-0.25, -0.2) is 0 Å². The van der Waals surface area contributed by atoms with Gasteiger partial charge in [0.15, 0.2) is 0 Å². The third-order valence-corrected chi connectivity index (χ3v) is 4.38. The Labute approximate surface area is 129 Å². The Bertz CT molecular complexity index is 417. The molecule has 1 unspecified atom stereocenters. The van der Waals surface area contributed by atoms with Gasteiger partial charge in [0.2, 0.25) is 0 Å². The van der Waals surface area contributed by atoms with Gasteiger partial charge in [-0.05, 0) is 38.2 Å². The Kier molecular flexibility index (Phi) is 6.61. The molecule has 1 aliphatic rings. The standard InChI is InChI=1S/C17H30N4/c1-4-18-12-15-8-7-9-16(19-15)13-20-11-10-17(14-20)21(5-2)6-3/h7-9,17-18H,4-6,10-14H2,1-3H3. The average molecular weight is 290 g/mol. The summed E-state index contributed by atoms with van der Waals surface area (Å²) in [6.07, 6.45) is 1.29.